The van der Waals surface area contributed by atoms with E-state index >= 15 is 0 Å². The number of sulfonamides is 1. The van der Waals surface area contributed by atoms with Gasteiger partial charge < -0.3 is 10.2 Å². The van der Waals surface area contributed by atoms with Gasteiger partial charge in [-0.25, -0.2) is 13.6 Å². The van der Waals surface area contributed by atoms with E-state index in [4.69, 9.17) is 5.14 Å². The fourth-order valence-corrected chi connectivity index (χ4v) is 4.87. The lowest BCUT2D eigenvalue weighted by atomic mass is 9.95. The predicted octanol–water partition coefficient (Wildman–Crippen LogP) is 2.75. The van der Waals surface area contributed by atoms with E-state index in [1.807, 2.05) is 4.90 Å². The number of likely N-dealkylation sites (tertiary alicyclic amines) is 1. The Morgan fingerprint density at radius 3 is 2.20 bits per heavy atom. The van der Waals surface area contributed by atoms with Crippen LogP contribution in [0.2, 0.25) is 0 Å². The lowest BCUT2D eigenvalue weighted by Gasteiger charge is -2.32. The zero-order chi connectivity index (χ0) is 22.3. The minimum Gasteiger partial charge on any atom is -0.342 e. The van der Waals surface area contributed by atoms with Gasteiger partial charge in [-0.05, 0) is 62.3 Å². The summed E-state index contributed by atoms with van der Waals surface area (Å²) in [4.78, 5) is 27.5. The molecule has 2 fully saturated rings. The summed E-state index contributed by atoms with van der Waals surface area (Å²) < 4.78 is 22.6. The summed E-state index contributed by atoms with van der Waals surface area (Å²) in [6.45, 7) is 9.55. The Bertz CT molecular complexity index is 955. The van der Waals surface area contributed by atoms with Crippen LogP contribution in [0.25, 0.3) is 0 Å². The number of amides is 2. The molecule has 2 atom stereocenters. The van der Waals surface area contributed by atoms with Crippen LogP contribution in [0.5, 0.6) is 0 Å². The molecule has 164 valence electrons. The minimum atomic E-state index is -3.76. The third kappa shape index (κ3) is 4.75. The zero-order valence-electron chi connectivity index (χ0n) is 18.0. The predicted molar refractivity (Wildman–Crippen MR) is 116 cm³/mol. The smallest absolute Gasteiger partial charge is 0.238 e. The number of primary sulfonamides is 1. The second-order valence-electron chi connectivity index (χ2n) is 9.23. The molecule has 1 aliphatic carbocycles. The van der Waals surface area contributed by atoms with Crippen LogP contribution in [0.15, 0.2) is 40.8 Å². The Hall–Kier alpha value is -2.19. The third-order valence-corrected chi connectivity index (χ3v) is 7.25. The van der Waals surface area contributed by atoms with Crippen molar-refractivity contribution >= 4 is 27.5 Å². The number of rotatable bonds is 5. The number of hydrogen-bond donors (Lipinski definition) is 2. The highest BCUT2D eigenvalue weighted by Gasteiger charge is 2.61. The number of nitrogens with two attached hydrogens (primary N) is 1. The fourth-order valence-electron chi connectivity index (χ4n) is 4.35. The van der Waals surface area contributed by atoms with Crippen molar-refractivity contribution in [2.24, 2.45) is 28.3 Å². The summed E-state index contributed by atoms with van der Waals surface area (Å²) >= 11 is 0. The molecule has 3 rings (SSSR count). The van der Waals surface area contributed by atoms with Crippen LogP contribution >= 0.6 is 0 Å². The molecule has 1 aromatic carbocycles. The highest BCUT2D eigenvalue weighted by molar-refractivity contribution is 7.89. The first-order chi connectivity index (χ1) is 13.9. The quantitative estimate of drug-likeness (QED) is 0.696. The average molecular weight is 434 g/mol. The van der Waals surface area contributed by atoms with Crippen molar-refractivity contribution < 1.29 is 18.0 Å². The Kier molecular flexibility index (Phi) is 6.11. The number of anilines is 1. The summed E-state index contributed by atoms with van der Waals surface area (Å²) in [7, 11) is -3.76. The molecule has 1 saturated carbocycles. The molecule has 0 bridgehead atoms. The third-order valence-electron chi connectivity index (χ3n) is 6.32. The molecular weight excluding hydrogens is 402 g/mol. The van der Waals surface area contributed by atoms with Gasteiger partial charge in [-0.15, -0.1) is 0 Å². The number of nitrogens with one attached hydrogen (secondary N) is 1. The van der Waals surface area contributed by atoms with Gasteiger partial charge in [0.15, 0.2) is 0 Å². The summed E-state index contributed by atoms with van der Waals surface area (Å²) in [5, 5.41) is 7.91. The Labute approximate surface area is 178 Å². The van der Waals surface area contributed by atoms with Gasteiger partial charge in [0.25, 0.3) is 0 Å². The largest absolute Gasteiger partial charge is 0.342 e. The van der Waals surface area contributed by atoms with E-state index in [1.165, 1.54) is 29.8 Å². The topological polar surface area (TPSA) is 110 Å². The highest BCUT2D eigenvalue weighted by atomic mass is 32.2. The average Bonchev–Trinajstić information content (AvgIpc) is 3.20. The van der Waals surface area contributed by atoms with E-state index in [9.17, 15) is 18.0 Å². The molecule has 0 aromatic heterocycles. The molecule has 1 saturated heterocycles. The molecule has 8 heteroatoms. The molecule has 1 aliphatic heterocycles. The molecule has 30 heavy (non-hydrogen) atoms. The number of piperidine rings is 1. The summed E-state index contributed by atoms with van der Waals surface area (Å²) in [6, 6.07) is 5.78. The second-order valence-corrected chi connectivity index (χ2v) is 10.8. The first-order valence-corrected chi connectivity index (χ1v) is 11.8. The van der Waals surface area contributed by atoms with E-state index in [0.29, 0.717) is 31.6 Å². The van der Waals surface area contributed by atoms with Gasteiger partial charge in [0.05, 0.1) is 10.8 Å². The van der Waals surface area contributed by atoms with E-state index in [-0.39, 0.29) is 39.9 Å². The number of nitrogens with zero attached hydrogens (tertiary/aromatic N) is 1. The van der Waals surface area contributed by atoms with Gasteiger partial charge in [-0.3, -0.25) is 9.59 Å². The molecule has 3 N–H and O–H groups in total. The van der Waals surface area contributed by atoms with Gasteiger partial charge in [-0.2, -0.15) is 0 Å². The van der Waals surface area contributed by atoms with Crippen molar-refractivity contribution in [1.82, 2.24) is 4.90 Å². The van der Waals surface area contributed by atoms with Crippen LogP contribution in [-0.2, 0) is 19.6 Å². The number of carbonyl (C=O) groups is 2. The summed E-state index contributed by atoms with van der Waals surface area (Å²) in [6.07, 6.45) is 3.44. The summed E-state index contributed by atoms with van der Waals surface area (Å²) in [5.41, 5.74) is 1.75. The number of benzene rings is 1. The van der Waals surface area contributed by atoms with Gasteiger partial charge in [0, 0.05) is 24.7 Å². The first-order valence-electron chi connectivity index (χ1n) is 10.3. The maximum absolute atomic E-state index is 13.0. The van der Waals surface area contributed by atoms with Crippen molar-refractivity contribution in [3.63, 3.8) is 0 Å². The van der Waals surface area contributed by atoms with E-state index in [0.717, 1.165) is 0 Å². The zero-order valence-corrected chi connectivity index (χ0v) is 18.8. The maximum atomic E-state index is 13.0. The monoisotopic (exact) mass is 433 g/mol. The maximum Gasteiger partial charge on any atom is 0.238 e. The Morgan fingerprint density at radius 2 is 1.70 bits per heavy atom. The van der Waals surface area contributed by atoms with Crippen LogP contribution in [0.4, 0.5) is 5.69 Å². The molecular formula is C22H31N3O4S. The molecule has 0 radical (unpaired) electrons. The van der Waals surface area contributed by atoms with Crippen molar-refractivity contribution in [2.75, 3.05) is 18.4 Å². The Balaban J connectivity index is 1.53. The number of hydrogen-bond acceptors (Lipinski definition) is 4. The molecule has 2 amide bonds. The van der Waals surface area contributed by atoms with E-state index in [1.54, 1.807) is 0 Å². The second kappa shape index (κ2) is 8.15. The van der Waals surface area contributed by atoms with Gasteiger partial charge in [-0.1, -0.05) is 25.5 Å². The Morgan fingerprint density at radius 1 is 1.13 bits per heavy atom. The van der Waals surface area contributed by atoms with Crippen LogP contribution in [0.3, 0.4) is 0 Å². The number of allylic oxidation sites excluding steroid dienone is 2. The van der Waals surface area contributed by atoms with E-state index in [2.05, 4.69) is 39.1 Å². The van der Waals surface area contributed by atoms with Gasteiger partial charge in [0.2, 0.25) is 21.8 Å². The van der Waals surface area contributed by atoms with Crippen LogP contribution in [0, 0.1) is 23.2 Å². The van der Waals surface area contributed by atoms with Crippen LogP contribution in [0.1, 0.15) is 40.5 Å². The fraction of sp³-hybridized carbons (Fsp3) is 0.545. The molecule has 1 aromatic rings. The molecule has 0 spiro atoms. The van der Waals surface area contributed by atoms with Crippen LogP contribution < -0.4 is 10.5 Å². The minimum absolute atomic E-state index is 0.00161. The summed E-state index contributed by atoms with van der Waals surface area (Å²) in [5.74, 6) is 0.221. The number of carbonyl (C=O) groups excluding carboxylic acids is 2. The van der Waals surface area contributed by atoms with Crippen molar-refractivity contribution in [3.8, 4) is 0 Å². The molecule has 7 nitrogen and oxygen atoms in total. The standard InChI is InChI=1S/C22H31N3O4S/c1-14(2)13-18-19(22(18,3)4)21(27)25-11-9-15(10-12-25)20(26)24-16-5-7-17(8-6-16)30(23,28)29/h5-8,13,15,18-19H,9-12H2,1-4H3,(H,24,26)(H2,23,28,29)/t18-,19-/m1/s1. The molecule has 1 heterocycles. The van der Waals surface area contributed by atoms with Crippen molar-refractivity contribution in [3.05, 3.63) is 35.9 Å². The van der Waals surface area contributed by atoms with Crippen molar-refractivity contribution in [1.29, 1.82) is 0 Å². The van der Waals surface area contributed by atoms with Gasteiger partial charge >= 0.3 is 0 Å². The van der Waals surface area contributed by atoms with E-state index < -0.39 is 10.0 Å². The van der Waals surface area contributed by atoms with Crippen LogP contribution in [-0.4, -0.2) is 38.2 Å². The highest BCUT2D eigenvalue weighted by Crippen LogP contribution is 2.60. The normalized spacial score (nSPS) is 23.6. The molecule has 2 aliphatic rings. The lowest BCUT2D eigenvalue weighted by Crippen LogP contribution is -2.42. The van der Waals surface area contributed by atoms with Crippen molar-refractivity contribution in [2.45, 2.75) is 45.4 Å². The SMILES string of the molecule is CC(C)=C[C@@H]1[C@H](C(=O)N2CCC(C(=O)Nc3ccc(S(N)(=O)=O)cc3)CC2)C1(C)C. The molecule has 0 unspecified atom stereocenters. The lowest BCUT2D eigenvalue weighted by molar-refractivity contribution is -0.136. The first kappa shape index (κ1) is 22.5. The van der Waals surface area contributed by atoms with Gasteiger partial charge in [0.1, 0.15) is 0 Å².